The minimum absolute atomic E-state index is 0.0236. The highest BCUT2D eigenvalue weighted by Gasteiger charge is 2.33. The van der Waals surface area contributed by atoms with E-state index < -0.39 is 26.6 Å². The number of nitrogens with one attached hydrogen (secondary N) is 2. The molecule has 0 aliphatic carbocycles. The van der Waals surface area contributed by atoms with E-state index in [9.17, 15) is 17.2 Å². The lowest BCUT2D eigenvalue weighted by Gasteiger charge is -2.39. The summed E-state index contributed by atoms with van der Waals surface area (Å²) in [5.74, 6) is -1.89. The van der Waals surface area contributed by atoms with Crippen LogP contribution in [0.3, 0.4) is 0 Å². The molecule has 0 bridgehead atoms. The number of benzene rings is 1. The summed E-state index contributed by atoms with van der Waals surface area (Å²) in [5.41, 5.74) is -0.0396. The first kappa shape index (κ1) is 16.3. The molecule has 0 radical (unpaired) electrons. The van der Waals surface area contributed by atoms with E-state index in [2.05, 4.69) is 23.9 Å². The first-order valence-electron chi connectivity index (χ1n) is 6.90. The fourth-order valence-electron chi connectivity index (χ4n) is 2.58. The molecule has 1 atom stereocenters. The molecule has 1 aliphatic rings. The maximum Gasteiger partial charge on any atom is 0.243 e. The van der Waals surface area contributed by atoms with Crippen molar-refractivity contribution in [2.45, 2.75) is 37.6 Å². The highest BCUT2D eigenvalue weighted by molar-refractivity contribution is 7.89. The van der Waals surface area contributed by atoms with Gasteiger partial charge in [-0.1, -0.05) is 13.8 Å². The Balaban J connectivity index is 2.11. The summed E-state index contributed by atoms with van der Waals surface area (Å²) in [6.45, 7) is 5.14. The number of sulfonamides is 1. The van der Waals surface area contributed by atoms with Crippen molar-refractivity contribution >= 4 is 10.0 Å². The average molecular weight is 318 g/mol. The second-order valence-electron chi connectivity index (χ2n) is 6.03. The average Bonchev–Trinajstić information content (AvgIpc) is 2.36. The summed E-state index contributed by atoms with van der Waals surface area (Å²) in [6.07, 6.45) is 2.04. The Labute approximate surface area is 124 Å². The van der Waals surface area contributed by atoms with Crippen molar-refractivity contribution in [3.05, 3.63) is 29.8 Å². The molecule has 21 heavy (non-hydrogen) atoms. The molecule has 0 spiro atoms. The van der Waals surface area contributed by atoms with Crippen LogP contribution in [-0.2, 0) is 10.0 Å². The van der Waals surface area contributed by atoms with Gasteiger partial charge >= 0.3 is 0 Å². The number of hydrogen-bond acceptors (Lipinski definition) is 3. The van der Waals surface area contributed by atoms with Crippen LogP contribution in [0.25, 0.3) is 0 Å². The normalized spacial score (nSPS) is 22.2. The zero-order chi connectivity index (χ0) is 15.7. The summed E-state index contributed by atoms with van der Waals surface area (Å²) in [5, 5.41) is 3.28. The molecule has 4 nitrogen and oxygen atoms in total. The maximum absolute atomic E-state index is 13.6. The molecule has 1 aromatic rings. The largest absolute Gasteiger partial charge is 0.312 e. The van der Waals surface area contributed by atoms with Crippen LogP contribution >= 0.6 is 0 Å². The van der Waals surface area contributed by atoms with Crippen LogP contribution in [0.5, 0.6) is 0 Å². The van der Waals surface area contributed by atoms with Gasteiger partial charge in [0.05, 0.1) is 0 Å². The quantitative estimate of drug-likeness (QED) is 0.893. The van der Waals surface area contributed by atoms with E-state index in [0.29, 0.717) is 6.07 Å². The first-order valence-corrected chi connectivity index (χ1v) is 8.39. The molecule has 0 saturated carbocycles. The molecule has 1 saturated heterocycles. The third kappa shape index (κ3) is 3.78. The van der Waals surface area contributed by atoms with Gasteiger partial charge in [-0.25, -0.2) is 21.9 Å². The van der Waals surface area contributed by atoms with Crippen molar-refractivity contribution in [3.63, 3.8) is 0 Å². The van der Waals surface area contributed by atoms with Gasteiger partial charge in [-0.3, -0.25) is 0 Å². The predicted octanol–water partition coefficient (Wildman–Crippen LogP) is 2.02. The van der Waals surface area contributed by atoms with Gasteiger partial charge in [0, 0.05) is 18.7 Å². The van der Waals surface area contributed by atoms with Crippen LogP contribution in [0.15, 0.2) is 23.1 Å². The lowest BCUT2D eigenvalue weighted by atomic mass is 9.78. The Bertz CT molecular complexity index is 617. The minimum Gasteiger partial charge on any atom is -0.312 e. The van der Waals surface area contributed by atoms with Gasteiger partial charge in [0.25, 0.3) is 0 Å². The number of piperidine rings is 1. The van der Waals surface area contributed by atoms with Gasteiger partial charge in [-0.2, -0.15) is 0 Å². The second-order valence-corrected chi connectivity index (χ2v) is 7.76. The van der Waals surface area contributed by atoms with Crippen LogP contribution < -0.4 is 10.0 Å². The van der Waals surface area contributed by atoms with E-state index in [1.165, 1.54) is 0 Å². The number of hydrogen-bond donors (Lipinski definition) is 2. The zero-order valence-electron chi connectivity index (χ0n) is 12.1. The van der Waals surface area contributed by atoms with Crippen molar-refractivity contribution in [1.29, 1.82) is 0 Å². The van der Waals surface area contributed by atoms with Gasteiger partial charge < -0.3 is 5.32 Å². The molecule has 2 rings (SSSR count). The fraction of sp³-hybridized carbons (Fsp3) is 0.571. The van der Waals surface area contributed by atoms with E-state index in [1.807, 2.05) is 0 Å². The molecule has 1 aromatic carbocycles. The zero-order valence-corrected chi connectivity index (χ0v) is 12.9. The molecule has 1 unspecified atom stereocenters. The van der Waals surface area contributed by atoms with Crippen LogP contribution in [0.1, 0.15) is 26.7 Å². The highest BCUT2D eigenvalue weighted by atomic mass is 32.2. The van der Waals surface area contributed by atoms with Gasteiger partial charge in [0.2, 0.25) is 10.0 Å². The Morgan fingerprint density at radius 2 is 2.10 bits per heavy atom. The summed E-state index contributed by atoms with van der Waals surface area (Å²) < 4.78 is 53.1. The van der Waals surface area contributed by atoms with Gasteiger partial charge in [-0.05, 0) is 36.9 Å². The summed E-state index contributed by atoms with van der Waals surface area (Å²) in [7, 11) is -3.99. The van der Waals surface area contributed by atoms with E-state index in [-0.39, 0.29) is 18.0 Å². The molecule has 1 heterocycles. The number of halogens is 2. The van der Waals surface area contributed by atoms with Gasteiger partial charge in [0.15, 0.2) is 0 Å². The SMILES string of the molecule is CC1(C)CCCNC1CNS(=O)(=O)c1ccc(F)cc1F. The molecule has 7 heteroatoms. The summed E-state index contributed by atoms with van der Waals surface area (Å²) in [4.78, 5) is -0.530. The van der Waals surface area contributed by atoms with Crippen LogP contribution in [0, 0.1) is 17.0 Å². The van der Waals surface area contributed by atoms with Gasteiger partial charge in [-0.15, -0.1) is 0 Å². The Kier molecular flexibility index (Phi) is 4.65. The van der Waals surface area contributed by atoms with Crippen molar-refractivity contribution in [3.8, 4) is 0 Å². The topological polar surface area (TPSA) is 58.2 Å². The molecule has 1 fully saturated rings. The minimum atomic E-state index is -3.99. The second kappa shape index (κ2) is 5.98. The fourth-order valence-corrected chi connectivity index (χ4v) is 3.69. The molecule has 0 amide bonds. The van der Waals surface area contributed by atoms with E-state index >= 15 is 0 Å². The molecule has 1 aliphatic heterocycles. The molecule has 118 valence electrons. The Morgan fingerprint density at radius 1 is 1.38 bits per heavy atom. The van der Waals surface area contributed by atoms with Crippen LogP contribution in [-0.4, -0.2) is 27.5 Å². The van der Waals surface area contributed by atoms with Gasteiger partial charge in [0.1, 0.15) is 16.5 Å². The van der Waals surface area contributed by atoms with E-state index in [1.54, 1.807) is 0 Å². The van der Waals surface area contributed by atoms with Crippen LogP contribution in [0.4, 0.5) is 8.78 Å². The number of rotatable bonds is 4. The van der Waals surface area contributed by atoms with Crippen molar-refractivity contribution < 1.29 is 17.2 Å². The molecule has 0 aromatic heterocycles. The third-order valence-corrected chi connectivity index (χ3v) is 5.45. The smallest absolute Gasteiger partial charge is 0.243 e. The molecular formula is C14H20F2N2O2S. The lowest BCUT2D eigenvalue weighted by molar-refractivity contribution is 0.181. The maximum atomic E-state index is 13.6. The third-order valence-electron chi connectivity index (χ3n) is 3.99. The Hall–Kier alpha value is -1.05. The van der Waals surface area contributed by atoms with E-state index in [4.69, 9.17) is 0 Å². The standard InChI is InChI=1S/C14H20F2N2O2S/c1-14(2)6-3-7-17-13(14)9-18-21(19,20)12-5-4-10(15)8-11(12)16/h4-5,8,13,17-18H,3,6-7,9H2,1-2H3. The predicted molar refractivity (Wildman–Crippen MR) is 76.4 cm³/mol. The Morgan fingerprint density at radius 3 is 2.71 bits per heavy atom. The molecule has 2 N–H and O–H groups in total. The highest BCUT2D eigenvalue weighted by Crippen LogP contribution is 2.29. The summed E-state index contributed by atoms with van der Waals surface area (Å²) >= 11 is 0. The van der Waals surface area contributed by atoms with Crippen molar-refractivity contribution in [2.24, 2.45) is 5.41 Å². The van der Waals surface area contributed by atoms with Crippen molar-refractivity contribution in [2.75, 3.05) is 13.1 Å². The lowest BCUT2D eigenvalue weighted by Crippen LogP contribution is -2.52. The van der Waals surface area contributed by atoms with E-state index in [0.717, 1.165) is 31.5 Å². The summed E-state index contributed by atoms with van der Waals surface area (Å²) in [6, 6.07) is 2.41. The first-order chi connectivity index (χ1) is 9.72. The monoisotopic (exact) mass is 318 g/mol. The van der Waals surface area contributed by atoms with Crippen molar-refractivity contribution in [1.82, 2.24) is 10.0 Å². The molecular weight excluding hydrogens is 298 g/mol. The van der Waals surface area contributed by atoms with Crippen LogP contribution in [0.2, 0.25) is 0 Å².